The summed E-state index contributed by atoms with van der Waals surface area (Å²) in [6, 6.07) is 79.7. The molecule has 0 fully saturated rings. The van der Waals surface area contributed by atoms with E-state index < -0.39 is 5.41 Å². The van der Waals surface area contributed by atoms with Crippen LogP contribution < -0.4 is 4.74 Å². The number of fused-ring (bicyclic) bond motifs is 2. The first kappa shape index (κ1) is 33.3. The van der Waals surface area contributed by atoms with Gasteiger partial charge >= 0.3 is 0 Å². The summed E-state index contributed by atoms with van der Waals surface area (Å²) in [5.41, 5.74) is 15.0. The third-order valence-corrected chi connectivity index (χ3v) is 11.0. The van der Waals surface area contributed by atoms with Gasteiger partial charge in [-0.25, -0.2) is 4.98 Å². The molecule has 0 N–H and O–H groups in total. The minimum atomic E-state index is -0.542. The summed E-state index contributed by atoms with van der Waals surface area (Å²) in [4.78, 5) is 5.20. The Labute approximate surface area is 328 Å². The molecule has 0 atom stereocenters. The fraction of sp³-hybridized carbons (Fsp3) is 0.0185. The van der Waals surface area contributed by atoms with E-state index >= 15 is 0 Å². The predicted molar refractivity (Wildman–Crippen MR) is 230 cm³/mol. The largest absolute Gasteiger partial charge is 0.457 e. The highest BCUT2D eigenvalue weighted by atomic mass is 16.5. The van der Waals surface area contributed by atoms with Gasteiger partial charge in [0.1, 0.15) is 11.5 Å². The molecule has 0 amide bonds. The normalized spacial score (nSPS) is 12.6. The van der Waals surface area contributed by atoms with Crippen LogP contribution >= 0.6 is 0 Å². The minimum absolute atomic E-state index is 0.542. The van der Waals surface area contributed by atoms with Gasteiger partial charge in [0.25, 0.3) is 0 Å². The van der Waals surface area contributed by atoms with E-state index in [1.54, 1.807) is 0 Å². The van der Waals surface area contributed by atoms with Crippen LogP contribution in [0.1, 0.15) is 22.3 Å². The van der Waals surface area contributed by atoms with E-state index in [-0.39, 0.29) is 0 Å². The zero-order valence-corrected chi connectivity index (χ0v) is 30.7. The number of hydrogen-bond acceptors (Lipinski definition) is 2. The Morgan fingerprint density at radius 2 is 0.732 bits per heavy atom. The zero-order chi connectivity index (χ0) is 37.3. The smallest absolute Gasteiger partial charge is 0.132 e. The molecule has 0 saturated carbocycles. The van der Waals surface area contributed by atoms with Crippen LogP contribution in [-0.2, 0) is 5.41 Å². The Morgan fingerprint density at radius 1 is 0.286 bits per heavy atom. The summed E-state index contributed by atoms with van der Waals surface area (Å²) in [6.07, 6.45) is 0. The molecule has 1 aliphatic rings. The molecule has 0 radical (unpaired) electrons. The zero-order valence-electron chi connectivity index (χ0n) is 30.7. The number of ether oxygens (including phenoxy) is 1. The lowest BCUT2D eigenvalue weighted by Gasteiger charge is -2.41. The highest BCUT2D eigenvalue weighted by molar-refractivity contribution is 5.81. The maximum atomic E-state index is 6.79. The molecule has 2 nitrogen and oxygen atoms in total. The quantitative estimate of drug-likeness (QED) is 0.164. The standard InChI is InChI=1S/C54H37NO/c1-5-17-38(18-6-1)45-35-50(39-19-7-2-8-20-39)55-51(36-45)44-24-16-23-42(34-44)40-21-15-22-41(33-40)43-31-32-49-53(37-43)56-52-30-14-13-29-48(52)54(49,46-25-9-3-10-26-46)47-27-11-4-12-28-47/h1-37H. The minimum Gasteiger partial charge on any atom is -0.457 e. The van der Waals surface area contributed by atoms with Crippen molar-refractivity contribution >= 4 is 0 Å². The summed E-state index contributed by atoms with van der Waals surface area (Å²) in [7, 11) is 0. The Balaban J connectivity index is 1.06. The van der Waals surface area contributed by atoms with Gasteiger partial charge in [0.15, 0.2) is 0 Å². The summed E-state index contributed by atoms with van der Waals surface area (Å²) < 4.78 is 6.79. The molecule has 2 heterocycles. The molecule has 10 rings (SSSR count). The van der Waals surface area contributed by atoms with Crippen molar-refractivity contribution < 1.29 is 4.74 Å². The third kappa shape index (κ3) is 5.89. The molecule has 264 valence electrons. The number of hydrogen-bond donors (Lipinski definition) is 0. The summed E-state index contributed by atoms with van der Waals surface area (Å²) >= 11 is 0. The maximum absolute atomic E-state index is 6.79. The molecule has 8 aromatic carbocycles. The van der Waals surface area contributed by atoms with Crippen LogP contribution in [0, 0.1) is 0 Å². The number of rotatable bonds is 7. The SMILES string of the molecule is c1ccc(-c2cc(-c3ccccc3)nc(-c3cccc(-c4cccc(-c5ccc6c(c5)Oc5ccccc5C6(c5ccccc5)c5ccccc5)c4)c3)c2)cc1. The molecule has 0 saturated heterocycles. The topological polar surface area (TPSA) is 22.1 Å². The average Bonchev–Trinajstić information content (AvgIpc) is 3.29. The number of pyridine rings is 1. The van der Waals surface area contributed by atoms with Crippen LogP contribution in [0.15, 0.2) is 224 Å². The highest BCUT2D eigenvalue weighted by Gasteiger charge is 2.45. The molecular weight excluding hydrogens is 679 g/mol. The van der Waals surface area contributed by atoms with Gasteiger partial charge in [0.05, 0.1) is 16.8 Å². The van der Waals surface area contributed by atoms with Gasteiger partial charge in [-0.3, -0.25) is 0 Å². The van der Waals surface area contributed by atoms with Crippen molar-refractivity contribution in [2.24, 2.45) is 0 Å². The van der Waals surface area contributed by atoms with Gasteiger partial charge in [-0.2, -0.15) is 0 Å². The van der Waals surface area contributed by atoms with Gasteiger partial charge in [0, 0.05) is 22.3 Å². The van der Waals surface area contributed by atoms with E-state index in [0.717, 1.165) is 73.0 Å². The van der Waals surface area contributed by atoms with Gasteiger partial charge in [-0.1, -0.05) is 188 Å². The van der Waals surface area contributed by atoms with Crippen molar-refractivity contribution in [3.05, 3.63) is 247 Å². The monoisotopic (exact) mass is 715 g/mol. The first-order valence-electron chi connectivity index (χ1n) is 19.1. The van der Waals surface area contributed by atoms with Crippen LogP contribution in [0.2, 0.25) is 0 Å². The number of para-hydroxylation sites is 1. The van der Waals surface area contributed by atoms with Gasteiger partial charge in [-0.05, 0) is 80.9 Å². The number of benzene rings is 8. The Hall–Kier alpha value is -7.29. The fourth-order valence-electron chi connectivity index (χ4n) is 8.36. The lowest BCUT2D eigenvalue weighted by Crippen LogP contribution is -2.34. The van der Waals surface area contributed by atoms with Crippen molar-refractivity contribution in [3.8, 4) is 67.4 Å². The second-order valence-electron chi connectivity index (χ2n) is 14.3. The fourth-order valence-corrected chi connectivity index (χ4v) is 8.36. The Bertz CT molecular complexity index is 2720. The third-order valence-electron chi connectivity index (χ3n) is 11.0. The Kier molecular flexibility index (Phi) is 8.42. The molecule has 0 unspecified atom stereocenters. The summed E-state index contributed by atoms with van der Waals surface area (Å²) in [5.74, 6) is 1.73. The van der Waals surface area contributed by atoms with Gasteiger partial charge < -0.3 is 4.74 Å². The second kappa shape index (κ2) is 14.2. The van der Waals surface area contributed by atoms with Crippen LogP contribution in [0.3, 0.4) is 0 Å². The summed E-state index contributed by atoms with van der Waals surface area (Å²) in [5, 5.41) is 0. The Morgan fingerprint density at radius 3 is 1.36 bits per heavy atom. The van der Waals surface area contributed by atoms with Crippen LogP contribution in [0.4, 0.5) is 0 Å². The van der Waals surface area contributed by atoms with Crippen molar-refractivity contribution in [2.45, 2.75) is 5.41 Å². The molecule has 2 heteroatoms. The lowest BCUT2D eigenvalue weighted by atomic mass is 9.63. The van der Waals surface area contributed by atoms with E-state index in [2.05, 4.69) is 218 Å². The molecule has 0 aliphatic carbocycles. The highest BCUT2D eigenvalue weighted by Crippen LogP contribution is 2.55. The van der Waals surface area contributed by atoms with E-state index in [9.17, 15) is 0 Å². The van der Waals surface area contributed by atoms with Crippen molar-refractivity contribution in [2.75, 3.05) is 0 Å². The van der Waals surface area contributed by atoms with Gasteiger partial charge in [0.2, 0.25) is 0 Å². The molecular formula is C54H37NO. The molecule has 56 heavy (non-hydrogen) atoms. The maximum Gasteiger partial charge on any atom is 0.132 e. The molecule has 0 spiro atoms. The number of aromatic nitrogens is 1. The second-order valence-corrected chi connectivity index (χ2v) is 14.3. The van der Waals surface area contributed by atoms with Crippen molar-refractivity contribution in [1.82, 2.24) is 4.98 Å². The van der Waals surface area contributed by atoms with E-state index in [0.29, 0.717) is 0 Å². The van der Waals surface area contributed by atoms with E-state index in [1.807, 2.05) is 6.07 Å². The van der Waals surface area contributed by atoms with Crippen molar-refractivity contribution in [3.63, 3.8) is 0 Å². The van der Waals surface area contributed by atoms with Crippen LogP contribution in [-0.4, -0.2) is 4.98 Å². The predicted octanol–water partition coefficient (Wildman–Crippen LogP) is 13.9. The molecule has 1 aliphatic heterocycles. The lowest BCUT2D eigenvalue weighted by molar-refractivity contribution is 0.435. The average molecular weight is 716 g/mol. The van der Waals surface area contributed by atoms with Crippen LogP contribution in [0.5, 0.6) is 11.5 Å². The van der Waals surface area contributed by atoms with Crippen molar-refractivity contribution in [1.29, 1.82) is 0 Å². The number of nitrogens with zero attached hydrogens (tertiary/aromatic N) is 1. The molecule has 9 aromatic rings. The molecule has 1 aromatic heterocycles. The van der Waals surface area contributed by atoms with Gasteiger partial charge in [-0.15, -0.1) is 0 Å². The first-order valence-corrected chi connectivity index (χ1v) is 19.1. The van der Waals surface area contributed by atoms with E-state index in [4.69, 9.17) is 9.72 Å². The van der Waals surface area contributed by atoms with Crippen LogP contribution in [0.25, 0.3) is 55.9 Å². The summed E-state index contributed by atoms with van der Waals surface area (Å²) in [6.45, 7) is 0. The molecule has 0 bridgehead atoms. The van der Waals surface area contributed by atoms with E-state index in [1.165, 1.54) is 16.7 Å². The first-order chi connectivity index (χ1) is 27.7.